The summed E-state index contributed by atoms with van der Waals surface area (Å²) in [5.41, 5.74) is 5.10. The Morgan fingerprint density at radius 1 is 1.23 bits per heavy atom. The van der Waals surface area contributed by atoms with Crippen molar-refractivity contribution in [3.05, 3.63) is 65.2 Å². The molecule has 1 heterocycles. The Morgan fingerprint density at radius 2 is 1.88 bits per heavy atom. The van der Waals surface area contributed by atoms with Gasteiger partial charge in [-0.25, -0.2) is 9.97 Å². The molecule has 0 bridgehead atoms. The van der Waals surface area contributed by atoms with Gasteiger partial charge in [-0.2, -0.15) is 13.2 Å². The Kier molecular flexibility index (Phi) is 5.81. The summed E-state index contributed by atoms with van der Waals surface area (Å²) < 4.78 is 38.9. The van der Waals surface area contributed by atoms with Crippen molar-refractivity contribution in [3.63, 3.8) is 0 Å². The van der Waals surface area contributed by atoms with E-state index in [1.807, 2.05) is 0 Å². The molecule has 2 aromatic rings. The predicted octanol–water partition coefficient (Wildman–Crippen LogP) is 2.83. The van der Waals surface area contributed by atoms with Gasteiger partial charge in [0, 0.05) is 29.9 Å². The molecular formula is C17H18F3N5O. The first-order chi connectivity index (χ1) is 12.2. The lowest BCUT2D eigenvalue weighted by Crippen LogP contribution is -2.37. The summed E-state index contributed by atoms with van der Waals surface area (Å²) in [5.74, 6) is -0.323. The molecule has 138 valence electrons. The van der Waals surface area contributed by atoms with Crippen molar-refractivity contribution in [1.29, 1.82) is 0 Å². The molecular weight excluding hydrogens is 347 g/mol. The topological polar surface area (TPSA) is 92.9 Å². The zero-order valence-corrected chi connectivity index (χ0v) is 14.1. The van der Waals surface area contributed by atoms with Crippen LogP contribution in [0.2, 0.25) is 0 Å². The number of anilines is 1. The van der Waals surface area contributed by atoms with Gasteiger partial charge in [-0.1, -0.05) is 6.07 Å². The summed E-state index contributed by atoms with van der Waals surface area (Å²) in [6.07, 6.45) is -0.0221. The number of carbonyl (C=O) groups is 1. The van der Waals surface area contributed by atoms with Crippen LogP contribution in [0.15, 0.2) is 48.6 Å². The number of carbonyl (C=O) groups excluding carboxylic acids is 1. The van der Waals surface area contributed by atoms with Crippen LogP contribution in [0.3, 0.4) is 0 Å². The van der Waals surface area contributed by atoms with Crippen LogP contribution < -0.4 is 16.4 Å². The molecule has 1 amide bonds. The van der Waals surface area contributed by atoms with Gasteiger partial charge in [-0.05, 0) is 37.6 Å². The molecule has 0 aliphatic rings. The number of halogens is 3. The number of rotatable bonds is 5. The van der Waals surface area contributed by atoms with E-state index in [-0.39, 0.29) is 16.8 Å². The van der Waals surface area contributed by atoms with Crippen LogP contribution in [-0.2, 0) is 6.18 Å². The van der Waals surface area contributed by atoms with E-state index in [4.69, 9.17) is 5.73 Å². The van der Waals surface area contributed by atoms with Gasteiger partial charge in [0.1, 0.15) is 0 Å². The summed E-state index contributed by atoms with van der Waals surface area (Å²) in [4.78, 5) is 20.2. The fourth-order valence-electron chi connectivity index (χ4n) is 2.19. The molecule has 0 saturated heterocycles. The van der Waals surface area contributed by atoms with E-state index in [2.05, 4.69) is 20.6 Å². The van der Waals surface area contributed by atoms with Gasteiger partial charge in [0.05, 0.1) is 11.6 Å². The Hall–Kier alpha value is -3.10. The largest absolute Gasteiger partial charge is 0.416 e. The first kappa shape index (κ1) is 19.2. The van der Waals surface area contributed by atoms with Crippen LogP contribution in [0.1, 0.15) is 28.4 Å². The Labute approximate surface area is 148 Å². The van der Waals surface area contributed by atoms with E-state index in [0.29, 0.717) is 5.95 Å². The summed E-state index contributed by atoms with van der Waals surface area (Å²) in [6.45, 7) is 2.87. The summed E-state index contributed by atoms with van der Waals surface area (Å²) >= 11 is 0. The van der Waals surface area contributed by atoms with E-state index in [1.54, 1.807) is 25.4 Å². The predicted molar refractivity (Wildman–Crippen MR) is 91.0 cm³/mol. The van der Waals surface area contributed by atoms with Crippen molar-refractivity contribution in [3.8, 4) is 0 Å². The smallest absolute Gasteiger partial charge is 0.399 e. The molecule has 6 nitrogen and oxygen atoms in total. The maximum atomic E-state index is 13.0. The van der Waals surface area contributed by atoms with Gasteiger partial charge in [0.15, 0.2) is 0 Å². The van der Waals surface area contributed by atoms with Crippen LogP contribution in [0, 0.1) is 6.92 Å². The van der Waals surface area contributed by atoms with E-state index >= 15 is 0 Å². The van der Waals surface area contributed by atoms with Crippen LogP contribution in [0.4, 0.5) is 19.1 Å². The average Bonchev–Trinajstić information content (AvgIpc) is 2.59. The standard InChI is InChI=1S/C17H18F3N5O/c1-10-12(5-3-6-13(10)17(18,19)20)15(26)25-11(2)14(21)9-24-16-22-7-4-8-23-16/h3-9,11H,21H2,1-2H3,(H,25,26)(H,22,23,24)/b14-9-. The first-order valence-electron chi connectivity index (χ1n) is 7.67. The zero-order chi connectivity index (χ0) is 19.3. The highest BCUT2D eigenvalue weighted by molar-refractivity contribution is 5.96. The molecule has 2 rings (SSSR count). The maximum Gasteiger partial charge on any atom is 0.416 e. The van der Waals surface area contributed by atoms with Crippen LogP contribution >= 0.6 is 0 Å². The van der Waals surface area contributed by atoms with Crippen molar-refractivity contribution in [2.75, 3.05) is 5.32 Å². The maximum absolute atomic E-state index is 13.0. The van der Waals surface area contributed by atoms with Gasteiger partial charge < -0.3 is 16.4 Å². The number of aromatic nitrogens is 2. The second-order valence-electron chi connectivity index (χ2n) is 5.53. The van der Waals surface area contributed by atoms with Crippen LogP contribution in [0.5, 0.6) is 0 Å². The summed E-state index contributed by atoms with van der Waals surface area (Å²) in [6, 6.07) is 4.50. The molecule has 0 saturated carbocycles. The second kappa shape index (κ2) is 7.85. The SMILES string of the molecule is Cc1c(C(=O)NC(C)/C(N)=C/Nc2ncccn2)cccc1C(F)(F)F. The van der Waals surface area contributed by atoms with E-state index in [0.717, 1.165) is 6.07 Å². The lowest BCUT2D eigenvalue weighted by molar-refractivity contribution is -0.138. The lowest BCUT2D eigenvalue weighted by Gasteiger charge is -2.17. The molecule has 1 aromatic carbocycles. The first-order valence-corrected chi connectivity index (χ1v) is 7.67. The summed E-state index contributed by atoms with van der Waals surface area (Å²) in [5, 5.41) is 5.34. The number of nitrogens with two attached hydrogens (primary N) is 1. The lowest BCUT2D eigenvalue weighted by atomic mass is 10.0. The minimum Gasteiger partial charge on any atom is -0.399 e. The Balaban J connectivity index is 2.09. The Bertz CT molecular complexity index is 806. The van der Waals surface area contributed by atoms with Gasteiger partial charge in [0.25, 0.3) is 5.91 Å². The second-order valence-corrected chi connectivity index (χ2v) is 5.53. The average molecular weight is 365 g/mol. The fraction of sp³-hybridized carbons (Fsp3) is 0.235. The third-order valence-corrected chi connectivity index (χ3v) is 3.67. The minimum absolute atomic E-state index is 0.0566. The molecule has 0 fully saturated rings. The number of benzene rings is 1. The monoisotopic (exact) mass is 365 g/mol. The van der Waals surface area contributed by atoms with Crippen molar-refractivity contribution in [2.24, 2.45) is 5.73 Å². The third-order valence-electron chi connectivity index (χ3n) is 3.67. The third kappa shape index (κ3) is 4.71. The minimum atomic E-state index is -4.52. The highest BCUT2D eigenvalue weighted by Crippen LogP contribution is 2.32. The van der Waals surface area contributed by atoms with Gasteiger partial charge in [0.2, 0.25) is 5.95 Å². The quantitative estimate of drug-likeness (QED) is 0.758. The highest BCUT2D eigenvalue weighted by Gasteiger charge is 2.33. The number of nitrogens with one attached hydrogen (secondary N) is 2. The number of nitrogens with zero attached hydrogens (tertiary/aromatic N) is 2. The fourth-order valence-corrected chi connectivity index (χ4v) is 2.19. The van der Waals surface area contributed by atoms with Crippen LogP contribution in [-0.4, -0.2) is 21.9 Å². The van der Waals surface area contributed by atoms with Gasteiger partial charge >= 0.3 is 6.18 Å². The molecule has 0 aliphatic heterocycles. The van der Waals surface area contributed by atoms with E-state index in [1.165, 1.54) is 25.3 Å². The molecule has 0 aliphatic carbocycles. The van der Waals surface area contributed by atoms with Crippen molar-refractivity contribution in [1.82, 2.24) is 15.3 Å². The molecule has 4 N–H and O–H groups in total. The van der Waals surface area contributed by atoms with Gasteiger partial charge in [-0.15, -0.1) is 0 Å². The molecule has 0 radical (unpaired) electrons. The number of alkyl halides is 3. The number of hydrogen-bond donors (Lipinski definition) is 3. The summed E-state index contributed by atoms with van der Waals surface area (Å²) in [7, 11) is 0. The zero-order valence-electron chi connectivity index (χ0n) is 14.1. The van der Waals surface area contributed by atoms with Crippen LogP contribution in [0.25, 0.3) is 0 Å². The highest BCUT2D eigenvalue weighted by atomic mass is 19.4. The molecule has 1 unspecified atom stereocenters. The molecule has 0 spiro atoms. The van der Waals surface area contributed by atoms with E-state index in [9.17, 15) is 18.0 Å². The van der Waals surface area contributed by atoms with Crippen molar-refractivity contribution >= 4 is 11.9 Å². The molecule has 1 atom stereocenters. The number of amides is 1. The normalized spacial score (nSPS) is 13.2. The Morgan fingerprint density at radius 3 is 2.50 bits per heavy atom. The molecule has 9 heteroatoms. The molecule has 26 heavy (non-hydrogen) atoms. The van der Waals surface area contributed by atoms with E-state index < -0.39 is 23.7 Å². The number of hydrogen-bond acceptors (Lipinski definition) is 5. The molecule has 1 aromatic heterocycles. The van der Waals surface area contributed by atoms with Gasteiger partial charge in [-0.3, -0.25) is 4.79 Å². The van der Waals surface area contributed by atoms with Crippen molar-refractivity contribution in [2.45, 2.75) is 26.1 Å². The van der Waals surface area contributed by atoms with Crippen molar-refractivity contribution < 1.29 is 18.0 Å².